The summed E-state index contributed by atoms with van der Waals surface area (Å²) in [6.07, 6.45) is 5.05. The molecule has 0 spiro atoms. The predicted molar refractivity (Wildman–Crippen MR) is 74.2 cm³/mol. The highest BCUT2D eigenvalue weighted by Gasteiger charge is 2.25. The van der Waals surface area contributed by atoms with E-state index in [-0.39, 0.29) is 11.9 Å². The number of hydrogen-bond donors (Lipinski definition) is 1. The molecule has 2 heteroatoms. The van der Waals surface area contributed by atoms with Gasteiger partial charge in [-0.3, -0.25) is 0 Å². The molecule has 0 aromatic heterocycles. The third-order valence-electron chi connectivity index (χ3n) is 4.07. The number of hydrogen-bond acceptors (Lipinski definition) is 1. The lowest BCUT2D eigenvalue weighted by Crippen LogP contribution is -2.27. The Bertz CT molecular complexity index is 387. The van der Waals surface area contributed by atoms with E-state index in [1.54, 1.807) is 6.07 Å². The fourth-order valence-electron chi connectivity index (χ4n) is 2.98. The van der Waals surface area contributed by atoms with Crippen molar-refractivity contribution in [1.82, 2.24) is 5.32 Å². The van der Waals surface area contributed by atoms with Crippen LogP contribution in [-0.4, -0.2) is 6.54 Å². The molecule has 0 bridgehead atoms. The average Bonchev–Trinajstić information content (AvgIpc) is 2.21. The molecule has 0 saturated heterocycles. The van der Waals surface area contributed by atoms with E-state index in [0.717, 1.165) is 35.6 Å². The van der Waals surface area contributed by atoms with Crippen molar-refractivity contribution in [3.63, 3.8) is 0 Å². The molecule has 1 aromatic rings. The topological polar surface area (TPSA) is 12.0 Å². The van der Waals surface area contributed by atoms with Gasteiger partial charge in [0.15, 0.2) is 0 Å². The molecule has 1 fully saturated rings. The fraction of sp³-hybridized carbons (Fsp3) is 0.625. The summed E-state index contributed by atoms with van der Waals surface area (Å²) in [5, 5.41) is 3.46. The molecule has 1 saturated carbocycles. The van der Waals surface area contributed by atoms with Crippen LogP contribution >= 0.6 is 0 Å². The number of nitrogens with one attached hydrogen (secondary N) is 1. The van der Waals surface area contributed by atoms with Crippen molar-refractivity contribution in [2.75, 3.05) is 6.54 Å². The van der Waals surface area contributed by atoms with Gasteiger partial charge in [-0.1, -0.05) is 32.3 Å². The second-order valence-corrected chi connectivity index (χ2v) is 5.62. The van der Waals surface area contributed by atoms with Crippen molar-refractivity contribution < 1.29 is 4.39 Å². The first kappa shape index (κ1) is 13.5. The predicted octanol–water partition coefficient (Wildman–Crippen LogP) is 4.28. The van der Waals surface area contributed by atoms with Gasteiger partial charge in [-0.15, -0.1) is 0 Å². The molecule has 18 heavy (non-hydrogen) atoms. The SMILES string of the molecule is CCNC(CC1CCC1)c1c(C)cc(C)cc1F. The summed E-state index contributed by atoms with van der Waals surface area (Å²) in [6.45, 7) is 6.96. The van der Waals surface area contributed by atoms with Gasteiger partial charge in [0, 0.05) is 11.6 Å². The molecule has 1 aliphatic rings. The molecule has 1 unspecified atom stereocenters. The summed E-state index contributed by atoms with van der Waals surface area (Å²) in [5.74, 6) is 0.743. The van der Waals surface area contributed by atoms with Crippen molar-refractivity contribution in [2.45, 2.75) is 52.5 Å². The summed E-state index contributed by atoms with van der Waals surface area (Å²) >= 11 is 0. The molecule has 0 amide bonds. The fourth-order valence-corrected chi connectivity index (χ4v) is 2.98. The normalized spacial score (nSPS) is 17.6. The number of benzene rings is 1. The molecule has 1 N–H and O–H groups in total. The number of rotatable bonds is 5. The van der Waals surface area contributed by atoms with Gasteiger partial charge in [0.25, 0.3) is 0 Å². The van der Waals surface area contributed by atoms with Crippen molar-refractivity contribution in [1.29, 1.82) is 0 Å². The van der Waals surface area contributed by atoms with Crippen LogP contribution in [0.1, 0.15) is 55.3 Å². The standard InChI is InChI=1S/C16H24FN/c1-4-18-15(10-13-6-5-7-13)16-12(3)8-11(2)9-14(16)17/h8-9,13,15,18H,4-7,10H2,1-3H3. The Morgan fingerprint density at radius 2 is 2.06 bits per heavy atom. The summed E-state index contributed by atoms with van der Waals surface area (Å²) < 4.78 is 14.2. The van der Waals surface area contributed by atoms with Crippen LogP contribution in [-0.2, 0) is 0 Å². The molecule has 0 radical (unpaired) electrons. The monoisotopic (exact) mass is 249 g/mol. The summed E-state index contributed by atoms with van der Waals surface area (Å²) in [6, 6.07) is 3.93. The van der Waals surface area contributed by atoms with E-state index >= 15 is 0 Å². The first-order chi connectivity index (χ1) is 8.61. The van der Waals surface area contributed by atoms with E-state index in [2.05, 4.69) is 18.3 Å². The largest absolute Gasteiger partial charge is 0.310 e. The van der Waals surface area contributed by atoms with Crippen LogP contribution in [0.15, 0.2) is 12.1 Å². The third kappa shape index (κ3) is 2.92. The first-order valence-electron chi connectivity index (χ1n) is 7.11. The van der Waals surface area contributed by atoms with Crippen LogP contribution < -0.4 is 5.32 Å². The van der Waals surface area contributed by atoms with E-state index in [1.165, 1.54) is 19.3 Å². The van der Waals surface area contributed by atoms with Crippen LogP contribution in [0.5, 0.6) is 0 Å². The van der Waals surface area contributed by atoms with Gasteiger partial charge < -0.3 is 5.32 Å². The summed E-state index contributed by atoms with van der Waals surface area (Å²) in [4.78, 5) is 0. The van der Waals surface area contributed by atoms with Crippen molar-refractivity contribution in [3.8, 4) is 0 Å². The van der Waals surface area contributed by atoms with Crippen LogP contribution in [0.25, 0.3) is 0 Å². The zero-order valence-corrected chi connectivity index (χ0v) is 11.7. The minimum Gasteiger partial charge on any atom is -0.310 e. The number of halogens is 1. The minimum atomic E-state index is -0.0437. The van der Waals surface area contributed by atoms with Gasteiger partial charge in [0.2, 0.25) is 0 Å². The second kappa shape index (κ2) is 5.83. The van der Waals surface area contributed by atoms with Crippen molar-refractivity contribution >= 4 is 0 Å². The Kier molecular flexibility index (Phi) is 4.39. The van der Waals surface area contributed by atoms with E-state index in [0.29, 0.717) is 0 Å². The maximum absolute atomic E-state index is 14.2. The van der Waals surface area contributed by atoms with Crippen LogP contribution in [0.3, 0.4) is 0 Å². The van der Waals surface area contributed by atoms with Crippen LogP contribution in [0.4, 0.5) is 4.39 Å². The zero-order valence-electron chi connectivity index (χ0n) is 11.7. The quantitative estimate of drug-likeness (QED) is 0.821. The van der Waals surface area contributed by atoms with E-state index < -0.39 is 0 Å². The molecular weight excluding hydrogens is 225 g/mol. The third-order valence-corrected chi connectivity index (χ3v) is 4.07. The van der Waals surface area contributed by atoms with E-state index in [1.807, 2.05) is 13.8 Å². The van der Waals surface area contributed by atoms with Gasteiger partial charge in [-0.25, -0.2) is 4.39 Å². The molecule has 1 atom stereocenters. The van der Waals surface area contributed by atoms with Gasteiger partial charge in [-0.2, -0.15) is 0 Å². The van der Waals surface area contributed by atoms with E-state index in [9.17, 15) is 4.39 Å². The Hall–Kier alpha value is -0.890. The Morgan fingerprint density at radius 3 is 2.56 bits per heavy atom. The minimum absolute atomic E-state index is 0.0437. The highest BCUT2D eigenvalue weighted by molar-refractivity contribution is 5.34. The lowest BCUT2D eigenvalue weighted by molar-refractivity contribution is 0.260. The molecule has 2 rings (SSSR count). The molecule has 1 nitrogen and oxygen atoms in total. The molecule has 1 aromatic carbocycles. The summed E-state index contributed by atoms with van der Waals surface area (Å²) in [7, 11) is 0. The van der Waals surface area contributed by atoms with Crippen LogP contribution in [0.2, 0.25) is 0 Å². The Labute approximate surface area is 110 Å². The van der Waals surface area contributed by atoms with Gasteiger partial charge in [0.1, 0.15) is 5.82 Å². The maximum atomic E-state index is 14.2. The molecule has 0 heterocycles. The lowest BCUT2D eigenvalue weighted by atomic mass is 9.79. The molecule has 1 aliphatic carbocycles. The zero-order chi connectivity index (χ0) is 13.1. The first-order valence-corrected chi connectivity index (χ1v) is 7.11. The summed E-state index contributed by atoms with van der Waals surface area (Å²) in [5.41, 5.74) is 2.97. The van der Waals surface area contributed by atoms with Gasteiger partial charge >= 0.3 is 0 Å². The highest BCUT2D eigenvalue weighted by atomic mass is 19.1. The smallest absolute Gasteiger partial charge is 0.128 e. The molecule has 0 aliphatic heterocycles. The maximum Gasteiger partial charge on any atom is 0.128 e. The average molecular weight is 249 g/mol. The molecule has 100 valence electrons. The van der Waals surface area contributed by atoms with E-state index in [4.69, 9.17) is 0 Å². The number of aryl methyl sites for hydroxylation is 2. The lowest BCUT2D eigenvalue weighted by Gasteiger charge is -2.31. The Balaban J connectivity index is 2.23. The van der Waals surface area contributed by atoms with Crippen molar-refractivity contribution in [3.05, 3.63) is 34.6 Å². The highest BCUT2D eigenvalue weighted by Crippen LogP contribution is 2.36. The van der Waals surface area contributed by atoms with Crippen LogP contribution in [0, 0.1) is 25.6 Å². The van der Waals surface area contributed by atoms with Crippen molar-refractivity contribution in [2.24, 2.45) is 5.92 Å². The second-order valence-electron chi connectivity index (χ2n) is 5.62. The van der Waals surface area contributed by atoms with Gasteiger partial charge in [-0.05, 0) is 49.9 Å². The Morgan fingerprint density at radius 1 is 1.33 bits per heavy atom. The molecular formula is C16H24FN. The van der Waals surface area contributed by atoms with Gasteiger partial charge in [0.05, 0.1) is 0 Å².